The molecule has 3 N–H and O–H groups in total. The number of carbonyl (C=O) groups excluding carboxylic acids is 1. The summed E-state index contributed by atoms with van der Waals surface area (Å²) in [7, 11) is 0. The van der Waals surface area contributed by atoms with Crippen LogP contribution in [0.4, 0.5) is 0 Å². The highest BCUT2D eigenvalue weighted by Gasteiger charge is 2.32. The average molecular weight is 246 g/mol. The number of carboxylic acid groups (broad SMARTS) is 1. The second kappa shape index (κ2) is 5.54. The summed E-state index contributed by atoms with van der Waals surface area (Å²) < 4.78 is 0. The third-order valence-electron chi connectivity index (χ3n) is 2.98. The van der Waals surface area contributed by atoms with Crippen molar-refractivity contribution >= 4 is 23.6 Å². The van der Waals surface area contributed by atoms with Gasteiger partial charge in [-0.25, -0.2) is 0 Å². The maximum absolute atomic E-state index is 11.7. The third-order valence-corrected chi connectivity index (χ3v) is 3.92. The maximum atomic E-state index is 11.7. The smallest absolute Gasteiger partial charge is 0.311 e. The summed E-state index contributed by atoms with van der Waals surface area (Å²) in [6.07, 6.45) is 0.495. The van der Waals surface area contributed by atoms with Gasteiger partial charge >= 0.3 is 5.97 Å². The Bertz CT molecular complexity index is 279. The number of amides is 1. The highest BCUT2D eigenvalue weighted by Crippen LogP contribution is 2.20. The lowest BCUT2D eigenvalue weighted by Crippen LogP contribution is -2.47. The van der Waals surface area contributed by atoms with Crippen LogP contribution in [0, 0.1) is 5.41 Å². The van der Waals surface area contributed by atoms with Crippen molar-refractivity contribution in [3.8, 4) is 0 Å². The van der Waals surface area contributed by atoms with E-state index in [1.165, 1.54) is 0 Å². The van der Waals surface area contributed by atoms with Gasteiger partial charge in [-0.1, -0.05) is 6.92 Å². The van der Waals surface area contributed by atoms with Gasteiger partial charge in [-0.15, -0.1) is 11.8 Å². The zero-order valence-electron chi connectivity index (χ0n) is 9.58. The fourth-order valence-electron chi connectivity index (χ4n) is 1.32. The molecule has 1 heterocycles. The summed E-state index contributed by atoms with van der Waals surface area (Å²) in [5.74, 6) is 0.555. The van der Waals surface area contributed by atoms with Crippen LogP contribution in [0.15, 0.2) is 0 Å². The van der Waals surface area contributed by atoms with Crippen molar-refractivity contribution in [2.24, 2.45) is 5.41 Å². The molecule has 0 spiro atoms. The van der Waals surface area contributed by atoms with Crippen molar-refractivity contribution in [3.05, 3.63) is 0 Å². The van der Waals surface area contributed by atoms with E-state index < -0.39 is 11.4 Å². The quantitative estimate of drug-likeness (QED) is 0.649. The molecule has 16 heavy (non-hydrogen) atoms. The molecule has 1 amide bonds. The number of hydrogen-bond donors (Lipinski definition) is 3. The molecule has 0 radical (unpaired) electrons. The minimum absolute atomic E-state index is 0.106. The lowest BCUT2D eigenvalue weighted by molar-refractivity contribution is -0.148. The number of nitrogens with one attached hydrogen (secondary N) is 2. The van der Waals surface area contributed by atoms with Crippen LogP contribution in [-0.4, -0.2) is 41.2 Å². The predicted octanol–water partition coefficient (Wildman–Crippen LogP) is 0.266. The van der Waals surface area contributed by atoms with E-state index in [1.807, 2.05) is 6.92 Å². The number of hydrogen-bond acceptors (Lipinski definition) is 4. The van der Waals surface area contributed by atoms with E-state index >= 15 is 0 Å². The van der Waals surface area contributed by atoms with Crippen LogP contribution < -0.4 is 10.6 Å². The zero-order chi connectivity index (χ0) is 12.2. The van der Waals surface area contributed by atoms with Gasteiger partial charge in [0.2, 0.25) is 5.91 Å². The Morgan fingerprint density at radius 2 is 2.31 bits per heavy atom. The molecule has 5 nitrogen and oxygen atoms in total. The largest absolute Gasteiger partial charge is 0.481 e. The summed E-state index contributed by atoms with van der Waals surface area (Å²) >= 11 is 1.67. The van der Waals surface area contributed by atoms with Crippen molar-refractivity contribution in [1.82, 2.24) is 10.6 Å². The normalized spacial score (nSPS) is 23.8. The number of aliphatic carboxylic acids is 1. The highest BCUT2D eigenvalue weighted by atomic mass is 32.2. The molecule has 1 aliphatic rings. The molecule has 0 bridgehead atoms. The van der Waals surface area contributed by atoms with Gasteiger partial charge < -0.3 is 10.4 Å². The molecule has 0 aromatic heterocycles. The lowest BCUT2D eigenvalue weighted by Gasteiger charge is -2.24. The molecule has 0 aromatic carbocycles. The second-order valence-electron chi connectivity index (χ2n) is 4.21. The summed E-state index contributed by atoms with van der Waals surface area (Å²) in [6.45, 7) is 3.64. The number of carbonyl (C=O) groups is 2. The first-order chi connectivity index (χ1) is 7.49. The van der Waals surface area contributed by atoms with Gasteiger partial charge in [0.05, 0.1) is 11.5 Å². The van der Waals surface area contributed by atoms with Crippen LogP contribution in [-0.2, 0) is 9.59 Å². The topological polar surface area (TPSA) is 78.4 Å². The fraction of sp³-hybridized carbons (Fsp3) is 0.800. The van der Waals surface area contributed by atoms with Gasteiger partial charge in [0.15, 0.2) is 0 Å². The zero-order valence-corrected chi connectivity index (χ0v) is 10.4. The Balaban J connectivity index is 2.43. The van der Waals surface area contributed by atoms with E-state index in [4.69, 9.17) is 5.11 Å². The van der Waals surface area contributed by atoms with Gasteiger partial charge in [-0.3, -0.25) is 14.9 Å². The van der Waals surface area contributed by atoms with Crippen LogP contribution in [0.1, 0.15) is 20.3 Å². The molecule has 1 rings (SSSR count). The van der Waals surface area contributed by atoms with E-state index in [2.05, 4.69) is 10.6 Å². The van der Waals surface area contributed by atoms with Crippen molar-refractivity contribution < 1.29 is 14.7 Å². The first-order valence-corrected chi connectivity index (χ1v) is 6.47. The van der Waals surface area contributed by atoms with Gasteiger partial charge in [0, 0.05) is 18.2 Å². The Morgan fingerprint density at radius 3 is 2.75 bits per heavy atom. The Morgan fingerprint density at radius 1 is 1.62 bits per heavy atom. The first-order valence-electron chi connectivity index (χ1n) is 5.32. The molecule has 1 aliphatic heterocycles. The molecule has 0 saturated carbocycles. The monoisotopic (exact) mass is 246 g/mol. The lowest BCUT2D eigenvalue weighted by atomic mass is 9.87. The van der Waals surface area contributed by atoms with E-state index in [1.54, 1.807) is 18.7 Å². The second-order valence-corrected chi connectivity index (χ2v) is 5.24. The summed E-state index contributed by atoms with van der Waals surface area (Å²) in [6, 6.07) is -0.181. The van der Waals surface area contributed by atoms with E-state index in [0.29, 0.717) is 6.42 Å². The van der Waals surface area contributed by atoms with Crippen LogP contribution in [0.5, 0.6) is 0 Å². The molecule has 2 unspecified atom stereocenters. The number of carboxylic acids is 1. The SMILES string of the molecule is CCC(C)(CNC(=O)C1CSCN1)C(=O)O. The molecular formula is C10H18N2O3S. The Hall–Kier alpha value is -0.750. The predicted molar refractivity (Wildman–Crippen MR) is 63.3 cm³/mol. The standard InChI is InChI=1S/C10H18N2O3S/c1-3-10(2,9(14)15)5-11-8(13)7-4-16-6-12-7/h7,12H,3-6H2,1-2H3,(H,11,13)(H,14,15). The highest BCUT2D eigenvalue weighted by molar-refractivity contribution is 7.99. The van der Waals surface area contributed by atoms with E-state index in [9.17, 15) is 9.59 Å². The third kappa shape index (κ3) is 3.12. The van der Waals surface area contributed by atoms with Crippen molar-refractivity contribution in [2.75, 3.05) is 18.2 Å². The molecule has 6 heteroatoms. The van der Waals surface area contributed by atoms with Crippen LogP contribution in [0.3, 0.4) is 0 Å². The van der Waals surface area contributed by atoms with Gasteiger partial charge in [0.25, 0.3) is 0 Å². The fourth-order valence-corrected chi connectivity index (χ4v) is 2.26. The number of thioether (sulfide) groups is 1. The molecular weight excluding hydrogens is 228 g/mol. The minimum Gasteiger partial charge on any atom is -0.481 e. The van der Waals surface area contributed by atoms with Crippen LogP contribution in [0.25, 0.3) is 0 Å². The van der Waals surface area contributed by atoms with E-state index in [0.717, 1.165) is 11.6 Å². The van der Waals surface area contributed by atoms with Crippen molar-refractivity contribution in [2.45, 2.75) is 26.3 Å². The Kier molecular flexibility index (Phi) is 4.61. The van der Waals surface area contributed by atoms with Gasteiger partial charge in [0.1, 0.15) is 0 Å². The Labute approximate surface area is 99.4 Å². The summed E-state index contributed by atoms with van der Waals surface area (Å²) in [4.78, 5) is 22.7. The van der Waals surface area contributed by atoms with Crippen LogP contribution in [0.2, 0.25) is 0 Å². The van der Waals surface area contributed by atoms with Crippen molar-refractivity contribution in [3.63, 3.8) is 0 Å². The summed E-state index contributed by atoms with van der Waals surface area (Å²) in [5, 5.41) is 14.8. The molecule has 0 aromatic rings. The minimum atomic E-state index is -0.874. The first kappa shape index (κ1) is 13.3. The molecule has 1 fully saturated rings. The van der Waals surface area contributed by atoms with Gasteiger partial charge in [-0.2, -0.15) is 0 Å². The molecule has 2 atom stereocenters. The molecule has 0 aliphatic carbocycles. The maximum Gasteiger partial charge on any atom is 0.311 e. The number of rotatable bonds is 5. The average Bonchev–Trinajstić information content (AvgIpc) is 2.78. The van der Waals surface area contributed by atoms with E-state index in [-0.39, 0.29) is 18.5 Å². The molecule has 92 valence electrons. The van der Waals surface area contributed by atoms with Crippen LogP contribution >= 0.6 is 11.8 Å². The van der Waals surface area contributed by atoms with Gasteiger partial charge in [-0.05, 0) is 13.3 Å². The molecule has 1 saturated heterocycles. The summed E-state index contributed by atoms with van der Waals surface area (Å²) in [5.41, 5.74) is -0.874. The van der Waals surface area contributed by atoms with Crippen molar-refractivity contribution in [1.29, 1.82) is 0 Å².